The molecule has 0 spiro atoms. The quantitative estimate of drug-likeness (QED) is 0.588. The second-order valence-electron chi connectivity index (χ2n) is 3.31. The Morgan fingerprint density at radius 2 is 2.06 bits per heavy atom. The number of halogens is 2. The summed E-state index contributed by atoms with van der Waals surface area (Å²) in [6.07, 6.45) is 0. The van der Waals surface area contributed by atoms with Gasteiger partial charge in [-0.15, -0.1) is 10.2 Å². The molecule has 0 N–H and O–H groups in total. The third-order valence-corrected chi connectivity index (χ3v) is 4.01. The van der Waals surface area contributed by atoms with Gasteiger partial charge in [0, 0.05) is 26.9 Å². The highest BCUT2D eigenvalue weighted by Gasteiger charge is 2.20. The molecule has 0 unspecified atom stereocenters. The van der Waals surface area contributed by atoms with E-state index in [4.69, 9.17) is 10.7 Å². The minimum Gasteiger partial charge on any atom is -0.300 e. The van der Waals surface area contributed by atoms with E-state index in [0.717, 1.165) is 9.13 Å². The molecule has 1 aromatic heterocycles. The molecule has 0 radical (unpaired) electrons. The summed E-state index contributed by atoms with van der Waals surface area (Å²) in [4.78, 5) is 0. The molecule has 90 valence electrons. The van der Waals surface area contributed by atoms with Crippen LogP contribution in [0, 0.1) is 3.57 Å². The largest absolute Gasteiger partial charge is 0.300 e. The van der Waals surface area contributed by atoms with Crippen molar-refractivity contribution in [3.63, 3.8) is 0 Å². The van der Waals surface area contributed by atoms with Gasteiger partial charge in [0.05, 0.1) is 0 Å². The van der Waals surface area contributed by atoms with Crippen LogP contribution in [-0.2, 0) is 16.1 Å². The Balaban J connectivity index is 2.60. The van der Waals surface area contributed by atoms with Gasteiger partial charge < -0.3 is 0 Å². The van der Waals surface area contributed by atoms with Gasteiger partial charge in [-0.2, -0.15) is 0 Å². The molecule has 0 aliphatic carbocycles. The number of hydrogen-bond acceptors (Lipinski definition) is 4. The van der Waals surface area contributed by atoms with Crippen LogP contribution in [0.15, 0.2) is 29.4 Å². The van der Waals surface area contributed by atoms with Crippen LogP contribution in [0.1, 0.15) is 0 Å². The first kappa shape index (κ1) is 12.8. The van der Waals surface area contributed by atoms with Crippen LogP contribution in [0.2, 0.25) is 0 Å². The van der Waals surface area contributed by atoms with Crippen molar-refractivity contribution in [3.8, 4) is 11.4 Å². The average Bonchev–Trinajstić information content (AvgIpc) is 2.59. The van der Waals surface area contributed by atoms with Crippen LogP contribution < -0.4 is 0 Å². The lowest BCUT2D eigenvalue weighted by molar-refractivity contribution is 0.593. The van der Waals surface area contributed by atoms with E-state index >= 15 is 0 Å². The average molecular weight is 384 g/mol. The third-order valence-electron chi connectivity index (χ3n) is 2.14. The highest BCUT2D eigenvalue weighted by atomic mass is 127. The van der Waals surface area contributed by atoms with Gasteiger partial charge in [-0.25, -0.2) is 8.42 Å². The molecule has 17 heavy (non-hydrogen) atoms. The number of aromatic nitrogens is 3. The van der Waals surface area contributed by atoms with Crippen molar-refractivity contribution < 1.29 is 8.42 Å². The van der Waals surface area contributed by atoms with Crippen LogP contribution >= 0.6 is 33.3 Å². The Morgan fingerprint density at radius 1 is 1.35 bits per heavy atom. The molecule has 0 atom stereocenters. The van der Waals surface area contributed by atoms with Crippen molar-refractivity contribution >= 4 is 42.3 Å². The predicted molar refractivity (Wildman–Crippen MR) is 72.2 cm³/mol. The summed E-state index contributed by atoms with van der Waals surface area (Å²) >= 11 is 2.17. The van der Waals surface area contributed by atoms with Gasteiger partial charge in [-0.05, 0) is 34.7 Å². The molecule has 0 amide bonds. The van der Waals surface area contributed by atoms with Crippen molar-refractivity contribution in [2.24, 2.45) is 7.05 Å². The van der Waals surface area contributed by atoms with Gasteiger partial charge in [0.2, 0.25) is 0 Å². The molecule has 0 bridgehead atoms. The molecule has 0 saturated heterocycles. The predicted octanol–water partition coefficient (Wildman–Crippen LogP) is 2.01. The lowest BCUT2D eigenvalue weighted by Crippen LogP contribution is -2.02. The number of benzene rings is 1. The Morgan fingerprint density at radius 3 is 2.59 bits per heavy atom. The van der Waals surface area contributed by atoms with E-state index in [9.17, 15) is 8.42 Å². The van der Waals surface area contributed by atoms with E-state index in [1.165, 1.54) is 4.57 Å². The molecule has 5 nitrogen and oxygen atoms in total. The van der Waals surface area contributed by atoms with Crippen LogP contribution in [0.4, 0.5) is 0 Å². The second-order valence-corrected chi connectivity index (χ2v) is 7.02. The zero-order valence-electron chi connectivity index (χ0n) is 8.63. The van der Waals surface area contributed by atoms with Gasteiger partial charge in [0.15, 0.2) is 5.82 Å². The van der Waals surface area contributed by atoms with Gasteiger partial charge in [-0.3, -0.25) is 4.57 Å². The zero-order chi connectivity index (χ0) is 12.6. The highest BCUT2D eigenvalue weighted by Crippen LogP contribution is 2.22. The third kappa shape index (κ3) is 2.61. The molecule has 8 heteroatoms. The molecule has 0 aliphatic rings. The molecule has 1 heterocycles. The summed E-state index contributed by atoms with van der Waals surface area (Å²) in [7, 11) is 2.93. The maximum atomic E-state index is 11.2. The zero-order valence-corrected chi connectivity index (χ0v) is 12.4. The number of nitrogens with zero attached hydrogens (tertiary/aromatic N) is 3. The fourth-order valence-corrected chi connectivity index (χ4v) is 2.90. The van der Waals surface area contributed by atoms with E-state index < -0.39 is 9.05 Å². The SMILES string of the molecule is Cn1c(-c2cccc(I)c2)nnc1S(=O)(=O)Cl. The maximum absolute atomic E-state index is 11.2. The molecule has 2 aromatic rings. The second kappa shape index (κ2) is 4.54. The Hall–Kier alpha value is -0.670. The van der Waals surface area contributed by atoms with Crippen LogP contribution in [0.3, 0.4) is 0 Å². The molecule has 2 rings (SSSR count). The smallest absolute Gasteiger partial charge is 0.296 e. The fraction of sp³-hybridized carbons (Fsp3) is 0.111. The van der Waals surface area contributed by atoms with E-state index in [1.807, 2.05) is 24.3 Å². The standard InChI is InChI=1S/C9H7ClIN3O2S/c1-14-8(6-3-2-4-7(11)5-6)12-13-9(14)17(10,15)16/h2-5H,1H3. The minimum absolute atomic E-state index is 0.256. The van der Waals surface area contributed by atoms with E-state index in [0.29, 0.717) is 5.82 Å². The Labute approximate surface area is 116 Å². The van der Waals surface area contributed by atoms with Crippen molar-refractivity contribution in [1.29, 1.82) is 0 Å². The summed E-state index contributed by atoms with van der Waals surface area (Å²) in [5.74, 6) is 0.461. The van der Waals surface area contributed by atoms with Crippen molar-refractivity contribution in [2.75, 3.05) is 0 Å². The molecule has 0 saturated carbocycles. The molecular weight excluding hydrogens is 377 g/mol. The fourth-order valence-electron chi connectivity index (χ4n) is 1.41. The number of rotatable bonds is 2. The summed E-state index contributed by atoms with van der Waals surface area (Å²) in [5.41, 5.74) is 0.790. The van der Waals surface area contributed by atoms with E-state index in [2.05, 4.69) is 32.8 Å². The van der Waals surface area contributed by atoms with Crippen LogP contribution in [0.25, 0.3) is 11.4 Å². The maximum Gasteiger partial charge on any atom is 0.296 e. The molecular formula is C9H7ClIN3O2S. The Kier molecular flexibility index (Phi) is 3.41. The van der Waals surface area contributed by atoms with E-state index in [1.54, 1.807) is 7.05 Å². The van der Waals surface area contributed by atoms with E-state index in [-0.39, 0.29) is 5.16 Å². The molecule has 0 aliphatic heterocycles. The minimum atomic E-state index is -3.87. The number of hydrogen-bond donors (Lipinski definition) is 0. The van der Waals surface area contributed by atoms with Crippen LogP contribution in [-0.4, -0.2) is 23.2 Å². The topological polar surface area (TPSA) is 64.8 Å². The first-order valence-electron chi connectivity index (χ1n) is 4.49. The summed E-state index contributed by atoms with van der Waals surface area (Å²) in [6, 6.07) is 7.51. The first-order valence-corrected chi connectivity index (χ1v) is 7.88. The lowest BCUT2D eigenvalue weighted by atomic mass is 10.2. The van der Waals surface area contributed by atoms with Gasteiger partial charge in [0.1, 0.15) is 0 Å². The summed E-state index contributed by atoms with van der Waals surface area (Å²) in [6.45, 7) is 0. The monoisotopic (exact) mass is 383 g/mol. The van der Waals surface area contributed by atoms with Gasteiger partial charge >= 0.3 is 0 Å². The Bertz CT molecular complexity index is 669. The van der Waals surface area contributed by atoms with Gasteiger partial charge in [-0.1, -0.05) is 12.1 Å². The lowest BCUT2D eigenvalue weighted by Gasteiger charge is -2.02. The molecule has 0 fully saturated rings. The summed E-state index contributed by atoms with van der Waals surface area (Å²) < 4.78 is 24.8. The van der Waals surface area contributed by atoms with Crippen molar-refractivity contribution in [3.05, 3.63) is 27.8 Å². The highest BCUT2D eigenvalue weighted by molar-refractivity contribution is 14.1. The van der Waals surface area contributed by atoms with Crippen LogP contribution in [0.5, 0.6) is 0 Å². The molecule has 1 aromatic carbocycles. The summed E-state index contributed by atoms with van der Waals surface area (Å²) in [5, 5.41) is 7.17. The first-order chi connectivity index (χ1) is 7.89. The van der Waals surface area contributed by atoms with Gasteiger partial charge in [0.25, 0.3) is 14.2 Å². The normalized spacial score (nSPS) is 11.7. The van der Waals surface area contributed by atoms with Crippen molar-refractivity contribution in [2.45, 2.75) is 5.16 Å². The van der Waals surface area contributed by atoms with Crippen molar-refractivity contribution in [1.82, 2.24) is 14.8 Å².